The molecule has 3 aromatic carbocycles. The highest BCUT2D eigenvalue weighted by Crippen LogP contribution is 2.20. The fourth-order valence-corrected chi connectivity index (χ4v) is 3.62. The summed E-state index contributed by atoms with van der Waals surface area (Å²) in [7, 11) is 0. The SMILES string of the molecule is Cc1cc2c(cc1C)[n+](Cc1ccccc1)cn2Cc1ccc(Br)cc1. The third-order valence-corrected chi connectivity index (χ3v) is 5.48. The van der Waals surface area contributed by atoms with E-state index in [2.05, 4.69) is 112 Å². The van der Waals surface area contributed by atoms with Crippen LogP contribution in [0.4, 0.5) is 0 Å². The molecule has 0 spiro atoms. The first-order chi connectivity index (χ1) is 12.6. The molecule has 1 aromatic heterocycles. The molecule has 0 aliphatic heterocycles. The number of fused-ring (bicyclic) bond motifs is 1. The Morgan fingerprint density at radius 1 is 0.846 bits per heavy atom. The highest BCUT2D eigenvalue weighted by molar-refractivity contribution is 9.10. The first-order valence-corrected chi connectivity index (χ1v) is 9.67. The van der Waals surface area contributed by atoms with Gasteiger partial charge in [0.25, 0.3) is 0 Å². The molecule has 4 rings (SSSR count). The average molecular weight is 406 g/mol. The number of hydrogen-bond acceptors (Lipinski definition) is 0. The average Bonchev–Trinajstić information content (AvgIpc) is 2.95. The largest absolute Gasteiger partial charge is 0.245 e. The van der Waals surface area contributed by atoms with Gasteiger partial charge in [0.1, 0.15) is 13.1 Å². The van der Waals surface area contributed by atoms with E-state index in [0.717, 1.165) is 17.6 Å². The molecule has 0 radical (unpaired) electrons. The van der Waals surface area contributed by atoms with E-state index < -0.39 is 0 Å². The number of nitrogens with zero attached hydrogens (tertiary/aromatic N) is 2. The maximum absolute atomic E-state index is 3.52. The topological polar surface area (TPSA) is 8.81 Å². The summed E-state index contributed by atoms with van der Waals surface area (Å²) < 4.78 is 5.83. The molecule has 0 atom stereocenters. The molecular formula is C23H22BrN2+. The minimum atomic E-state index is 0.869. The molecule has 0 amide bonds. The van der Waals surface area contributed by atoms with Crippen LogP contribution >= 0.6 is 15.9 Å². The van der Waals surface area contributed by atoms with Crippen molar-refractivity contribution >= 4 is 27.0 Å². The highest BCUT2D eigenvalue weighted by atomic mass is 79.9. The molecule has 0 bridgehead atoms. The van der Waals surface area contributed by atoms with E-state index in [1.807, 2.05) is 0 Å². The predicted molar refractivity (Wildman–Crippen MR) is 110 cm³/mol. The second-order valence-corrected chi connectivity index (χ2v) is 7.82. The van der Waals surface area contributed by atoms with Gasteiger partial charge in [-0.3, -0.25) is 0 Å². The zero-order valence-electron chi connectivity index (χ0n) is 15.1. The summed E-state index contributed by atoms with van der Waals surface area (Å²) in [6, 6.07) is 23.8. The van der Waals surface area contributed by atoms with Gasteiger partial charge in [0.2, 0.25) is 6.33 Å². The second-order valence-electron chi connectivity index (χ2n) is 6.91. The summed E-state index contributed by atoms with van der Waals surface area (Å²) in [5, 5.41) is 0. The van der Waals surface area contributed by atoms with Crippen LogP contribution in [0.2, 0.25) is 0 Å². The van der Waals surface area contributed by atoms with Gasteiger partial charge in [-0.1, -0.05) is 58.4 Å². The molecule has 3 heteroatoms. The lowest BCUT2D eigenvalue weighted by Gasteiger charge is -2.02. The molecule has 0 saturated carbocycles. The Kier molecular flexibility index (Phi) is 4.64. The lowest BCUT2D eigenvalue weighted by Crippen LogP contribution is -2.32. The smallest absolute Gasteiger partial charge is 0.226 e. The van der Waals surface area contributed by atoms with Crippen LogP contribution in [-0.4, -0.2) is 4.57 Å². The summed E-state index contributed by atoms with van der Waals surface area (Å²) in [5.74, 6) is 0. The van der Waals surface area contributed by atoms with Crippen LogP contribution in [-0.2, 0) is 13.1 Å². The fourth-order valence-electron chi connectivity index (χ4n) is 3.36. The third kappa shape index (κ3) is 3.45. The van der Waals surface area contributed by atoms with Crippen molar-refractivity contribution in [2.75, 3.05) is 0 Å². The zero-order valence-corrected chi connectivity index (χ0v) is 16.7. The van der Waals surface area contributed by atoms with E-state index in [1.54, 1.807) is 0 Å². The van der Waals surface area contributed by atoms with Gasteiger partial charge in [0, 0.05) is 4.47 Å². The number of aromatic nitrogens is 2. The molecule has 1 heterocycles. The van der Waals surface area contributed by atoms with E-state index >= 15 is 0 Å². The van der Waals surface area contributed by atoms with Gasteiger partial charge < -0.3 is 0 Å². The number of halogens is 1. The number of rotatable bonds is 4. The molecule has 2 nitrogen and oxygen atoms in total. The van der Waals surface area contributed by atoms with E-state index in [1.165, 1.54) is 33.3 Å². The monoisotopic (exact) mass is 405 g/mol. The summed E-state index contributed by atoms with van der Waals surface area (Å²) in [5.41, 5.74) is 7.86. The third-order valence-electron chi connectivity index (χ3n) is 4.95. The van der Waals surface area contributed by atoms with Crippen molar-refractivity contribution < 1.29 is 4.57 Å². The maximum Gasteiger partial charge on any atom is 0.245 e. The molecule has 0 aliphatic carbocycles. The zero-order chi connectivity index (χ0) is 18.1. The van der Waals surface area contributed by atoms with Crippen LogP contribution in [0, 0.1) is 13.8 Å². The van der Waals surface area contributed by atoms with Crippen LogP contribution in [0.15, 0.2) is 77.5 Å². The molecule has 26 heavy (non-hydrogen) atoms. The molecule has 130 valence electrons. The van der Waals surface area contributed by atoms with Gasteiger partial charge in [-0.2, -0.15) is 0 Å². The minimum Gasteiger partial charge on any atom is -0.226 e. The Hall–Kier alpha value is -2.39. The lowest BCUT2D eigenvalue weighted by atomic mass is 10.1. The van der Waals surface area contributed by atoms with Gasteiger partial charge in [0.15, 0.2) is 11.0 Å². The van der Waals surface area contributed by atoms with Gasteiger partial charge in [-0.05, 0) is 60.4 Å². The molecular weight excluding hydrogens is 384 g/mol. The van der Waals surface area contributed by atoms with Gasteiger partial charge in [-0.15, -0.1) is 0 Å². The van der Waals surface area contributed by atoms with Crippen LogP contribution in [0.25, 0.3) is 11.0 Å². The normalized spacial score (nSPS) is 11.2. The van der Waals surface area contributed by atoms with Gasteiger partial charge in [0.05, 0.1) is 0 Å². The second kappa shape index (κ2) is 7.08. The van der Waals surface area contributed by atoms with Gasteiger partial charge >= 0.3 is 0 Å². The number of benzene rings is 3. The number of hydrogen-bond donors (Lipinski definition) is 0. The predicted octanol–water partition coefficient (Wildman–Crippen LogP) is 5.40. The molecule has 4 aromatic rings. The molecule has 0 aliphatic rings. The van der Waals surface area contributed by atoms with Crippen molar-refractivity contribution in [2.24, 2.45) is 0 Å². The maximum atomic E-state index is 3.52. The van der Waals surface area contributed by atoms with E-state index in [0.29, 0.717) is 0 Å². The lowest BCUT2D eigenvalue weighted by molar-refractivity contribution is -0.663. The molecule has 0 saturated heterocycles. The van der Waals surface area contributed by atoms with E-state index in [4.69, 9.17) is 0 Å². The van der Waals surface area contributed by atoms with Crippen LogP contribution in [0.5, 0.6) is 0 Å². The summed E-state index contributed by atoms with van der Waals surface area (Å²) in [4.78, 5) is 0. The van der Waals surface area contributed by atoms with Crippen molar-refractivity contribution in [2.45, 2.75) is 26.9 Å². The first-order valence-electron chi connectivity index (χ1n) is 8.88. The van der Waals surface area contributed by atoms with E-state index in [-0.39, 0.29) is 0 Å². The Bertz CT molecular complexity index is 1050. The minimum absolute atomic E-state index is 0.869. The summed E-state index contributed by atoms with van der Waals surface area (Å²) in [6.07, 6.45) is 2.25. The number of aryl methyl sites for hydroxylation is 2. The standard InChI is InChI=1S/C23H22BrN2/c1-17-12-22-23(13-18(17)2)26(15-20-8-10-21(24)11-9-20)16-25(22)14-19-6-4-3-5-7-19/h3-13,16H,14-15H2,1-2H3/q+1. The molecule has 0 fully saturated rings. The quantitative estimate of drug-likeness (QED) is 0.401. The molecule has 0 unspecified atom stereocenters. The summed E-state index contributed by atoms with van der Waals surface area (Å²) in [6.45, 7) is 6.13. The Morgan fingerprint density at radius 2 is 1.54 bits per heavy atom. The Morgan fingerprint density at radius 3 is 2.27 bits per heavy atom. The Labute approximate surface area is 162 Å². The molecule has 0 N–H and O–H groups in total. The van der Waals surface area contributed by atoms with Crippen molar-refractivity contribution in [3.8, 4) is 0 Å². The van der Waals surface area contributed by atoms with Crippen LogP contribution in [0.3, 0.4) is 0 Å². The van der Waals surface area contributed by atoms with Crippen molar-refractivity contribution in [1.82, 2.24) is 4.57 Å². The Balaban J connectivity index is 1.79. The summed E-state index contributed by atoms with van der Waals surface area (Å²) >= 11 is 3.52. The highest BCUT2D eigenvalue weighted by Gasteiger charge is 2.17. The van der Waals surface area contributed by atoms with Crippen molar-refractivity contribution in [3.63, 3.8) is 0 Å². The van der Waals surface area contributed by atoms with Gasteiger partial charge in [-0.25, -0.2) is 9.13 Å². The van der Waals surface area contributed by atoms with E-state index in [9.17, 15) is 0 Å². The van der Waals surface area contributed by atoms with Crippen molar-refractivity contribution in [1.29, 1.82) is 0 Å². The first kappa shape index (κ1) is 17.0. The number of imidazole rings is 1. The van der Waals surface area contributed by atoms with Crippen molar-refractivity contribution in [3.05, 3.63) is 99.8 Å². The van der Waals surface area contributed by atoms with Crippen LogP contribution < -0.4 is 4.57 Å². The fraction of sp³-hybridized carbons (Fsp3) is 0.174. The van der Waals surface area contributed by atoms with Crippen LogP contribution in [0.1, 0.15) is 22.3 Å².